The number of rotatable bonds is 8. The highest BCUT2D eigenvalue weighted by Crippen LogP contribution is 2.32. The van der Waals surface area contributed by atoms with Gasteiger partial charge in [0.15, 0.2) is 11.5 Å². The Labute approximate surface area is 164 Å². The monoisotopic (exact) mass is 383 g/mol. The van der Waals surface area contributed by atoms with E-state index in [2.05, 4.69) is 20.6 Å². The zero-order valence-corrected chi connectivity index (χ0v) is 16.0. The Morgan fingerprint density at radius 2 is 2.11 bits per heavy atom. The molecule has 2 aliphatic heterocycles. The molecule has 8 heteroatoms. The molecular weight excluding hydrogens is 358 g/mol. The van der Waals surface area contributed by atoms with E-state index in [0.717, 1.165) is 60.9 Å². The second-order valence-electron chi connectivity index (χ2n) is 7.03. The third-order valence-corrected chi connectivity index (χ3v) is 4.93. The van der Waals surface area contributed by atoms with Crippen LogP contribution in [0.1, 0.15) is 30.4 Å². The van der Waals surface area contributed by atoms with Crippen LogP contribution in [-0.2, 0) is 11.3 Å². The van der Waals surface area contributed by atoms with Crippen molar-refractivity contribution in [2.24, 2.45) is 0 Å². The third kappa shape index (κ3) is 4.27. The van der Waals surface area contributed by atoms with E-state index in [9.17, 15) is 4.79 Å². The number of likely N-dealkylation sites (tertiary alicyclic amines) is 1. The quantitative estimate of drug-likeness (QED) is 0.677. The van der Waals surface area contributed by atoms with E-state index in [0.29, 0.717) is 18.9 Å². The number of carbonyl (C=O) groups is 1. The van der Waals surface area contributed by atoms with E-state index in [1.165, 1.54) is 0 Å². The van der Waals surface area contributed by atoms with Gasteiger partial charge in [-0.3, -0.25) is 4.79 Å². The van der Waals surface area contributed by atoms with Gasteiger partial charge in [-0.2, -0.15) is 4.98 Å². The lowest BCUT2D eigenvalue weighted by Gasteiger charge is -2.16. The molecule has 2 aliphatic rings. The number of ether oxygens (including phenoxy) is 2. The van der Waals surface area contributed by atoms with Crippen molar-refractivity contribution < 1.29 is 14.3 Å². The largest absolute Gasteiger partial charge is 0.454 e. The van der Waals surface area contributed by atoms with Gasteiger partial charge in [-0.05, 0) is 37.5 Å². The first-order chi connectivity index (χ1) is 13.7. The number of aryl methyl sites for hydroxylation is 1. The summed E-state index contributed by atoms with van der Waals surface area (Å²) >= 11 is 0. The second kappa shape index (κ2) is 8.33. The number of hydrogen-bond donors (Lipinski definition) is 2. The average Bonchev–Trinajstić information content (AvgIpc) is 3.33. The van der Waals surface area contributed by atoms with E-state index in [-0.39, 0.29) is 12.7 Å². The summed E-state index contributed by atoms with van der Waals surface area (Å²) in [6, 6.07) is 5.86. The maximum atomic E-state index is 11.7. The molecule has 8 nitrogen and oxygen atoms in total. The lowest BCUT2D eigenvalue weighted by Crippen LogP contribution is -2.27. The molecule has 2 N–H and O–H groups in total. The molecule has 0 atom stereocenters. The Kier molecular flexibility index (Phi) is 5.45. The van der Waals surface area contributed by atoms with E-state index in [1.807, 2.05) is 30.0 Å². The number of nitrogens with zero attached hydrogens (tertiary/aromatic N) is 3. The Balaban J connectivity index is 1.28. The standard InChI is InChI=1S/C20H25N5O3/c1-14-11-22-20(23-12-15-5-6-16-17(10-15)28-13-27-16)24-19(14)21-7-3-9-25-8-2-4-18(25)26/h5-6,10-11H,2-4,7-9,12-13H2,1H3,(H2,21,22,23,24). The van der Waals surface area contributed by atoms with E-state index < -0.39 is 0 Å². The molecule has 0 unspecified atom stereocenters. The topological polar surface area (TPSA) is 88.6 Å². The maximum absolute atomic E-state index is 11.7. The van der Waals surface area contributed by atoms with Crippen molar-refractivity contribution in [3.8, 4) is 11.5 Å². The fraction of sp³-hybridized carbons (Fsp3) is 0.450. The minimum Gasteiger partial charge on any atom is -0.454 e. The van der Waals surface area contributed by atoms with Gasteiger partial charge in [-0.1, -0.05) is 6.07 Å². The summed E-state index contributed by atoms with van der Waals surface area (Å²) in [5.74, 6) is 3.20. The summed E-state index contributed by atoms with van der Waals surface area (Å²) in [5.41, 5.74) is 2.06. The number of hydrogen-bond acceptors (Lipinski definition) is 7. The molecule has 0 aliphatic carbocycles. The molecule has 4 rings (SSSR count). The Hall–Kier alpha value is -3.03. The van der Waals surface area contributed by atoms with Crippen molar-refractivity contribution in [2.45, 2.75) is 32.7 Å². The number of aromatic nitrogens is 2. The van der Waals surface area contributed by atoms with Crippen LogP contribution >= 0.6 is 0 Å². The highest BCUT2D eigenvalue weighted by Gasteiger charge is 2.19. The van der Waals surface area contributed by atoms with Gasteiger partial charge >= 0.3 is 0 Å². The number of nitrogens with one attached hydrogen (secondary N) is 2. The summed E-state index contributed by atoms with van der Waals surface area (Å²) in [6.07, 6.45) is 4.38. The predicted molar refractivity (Wildman–Crippen MR) is 106 cm³/mol. The van der Waals surface area contributed by atoms with Crippen LogP contribution in [-0.4, -0.2) is 47.2 Å². The molecule has 148 valence electrons. The van der Waals surface area contributed by atoms with Crippen LogP contribution in [0.5, 0.6) is 11.5 Å². The summed E-state index contributed by atoms with van der Waals surface area (Å²) in [7, 11) is 0. The SMILES string of the molecule is Cc1cnc(NCc2ccc3c(c2)OCO3)nc1NCCCN1CCCC1=O. The molecule has 28 heavy (non-hydrogen) atoms. The van der Waals surface area contributed by atoms with Gasteiger partial charge in [0.25, 0.3) is 0 Å². The minimum atomic E-state index is 0.272. The maximum Gasteiger partial charge on any atom is 0.231 e. The Bertz CT molecular complexity index is 858. The smallest absolute Gasteiger partial charge is 0.231 e. The lowest BCUT2D eigenvalue weighted by atomic mass is 10.2. The number of amides is 1. The second-order valence-corrected chi connectivity index (χ2v) is 7.03. The minimum absolute atomic E-state index is 0.272. The van der Waals surface area contributed by atoms with E-state index in [4.69, 9.17) is 9.47 Å². The van der Waals surface area contributed by atoms with Gasteiger partial charge in [-0.15, -0.1) is 0 Å². The zero-order chi connectivity index (χ0) is 19.3. The molecule has 1 fully saturated rings. The number of carbonyl (C=O) groups excluding carboxylic acids is 1. The van der Waals surface area contributed by atoms with Crippen LogP contribution in [0.4, 0.5) is 11.8 Å². The number of anilines is 2. The van der Waals surface area contributed by atoms with E-state index in [1.54, 1.807) is 6.20 Å². The highest BCUT2D eigenvalue weighted by atomic mass is 16.7. The molecule has 1 saturated heterocycles. The van der Waals surface area contributed by atoms with Gasteiger partial charge < -0.3 is 25.0 Å². The Morgan fingerprint density at radius 1 is 1.21 bits per heavy atom. The van der Waals surface area contributed by atoms with Gasteiger partial charge in [0.05, 0.1) is 0 Å². The molecule has 3 heterocycles. The molecule has 0 radical (unpaired) electrons. The van der Waals surface area contributed by atoms with Crippen molar-refractivity contribution >= 4 is 17.7 Å². The first-order valence-corrected chi connectivity index (χ1v) is 9.67. The summed E-state index contributed by atoms with van der Waals surface area (Å²) in [4.78, 5) is 22.5. The molecule has 1 aromatic heterocycles. The van der Waals surface area contributed by atoms with Crippen LogP contribution in [0, 0.1) is 6.92 Å². The van der Waals surface area contributed by atoms with Gasteiger partial charge in [0.2, 0.25) is 18.6 Å². The van der Waals surface area contributed by atoms with Crippen LogP contribution in [0.25, 0.3) is 0 Å². The molecule has 2 aromatic rings. The van der Waals surface area contributed by atoms with Crippen LogP contribution < -0.4 is 20.1 Å². The van der Waals surface area contributed by atoms with Gasteiger partial charge in [-0.25, -0.2) is 4.98 Å². The number of fused-ring (bicyclic) bond motifs is 1. The van der Waals surface area contributed by atoms with Crippen LogP contribution in [0.2, 0.25) is 0 Å². The molecule has 0 spiro atoms. The van der Waals surface area contributed by atoms with Crippen molar-refractivity contribution in [1.82, 2.24) is 14.9 Å². The highest BCUT2D eigenvalue weighted by molar-refractivity contribution is 5.78. The summed E-state index contributed by atoms with van der Waals surface area (Å²) < 4.78 is 10.7. The van der Waals surface area contributed by atoms with Crippen LogP contribution in [0.15, 0.2) is 24.4 Å². The fourth-order valence-corrected chi connectivity index (χ4v) is 3.36. The summed E-state index contributed by atoms with van der Waals surface area (Å²) in [5, 5.41) is 6.61. The lowest BCUT2D eigenvalue weighted by molar-refractivity contribution is -0.127. The molecule has 1 amide bonds. The number of benzene rings is 1. The molecule has 0 saturated carbocycles. The predicted octanol–water partition coefficient (Wildman–Crippen LogP) is 2.55. The molecule has 1 aromatic carbocycles. The Morgan fingerprint density at radius 3 is 2.96 bits per heavy atom. The van der Waals surface area contributed by atoms with Gasteiger partial charge in [0, 0.05) is 44.4 Å². The van der Waals surface area contributed by atoms with Crippen molar-refractivity contribution in [3.05, 3.63) is 35.5 Å². The van der Waals surface area contributed by atoms with Crippen molar-refractivity contribution in [1.29, 1.82) is 0 Å². The molecule has 0 bridgehead atoms. The van der Waals surface area contributed by atoms with Gasteiger partial charge in [0.1, 0.15) is 5.82 Å². The third-order valence-electron chi connectivity index (χ3n) is 4.93. The normalized spacial score (nSPS) is 15.2. The van der Waals surface area contributed by atoms with E-state index >= 15 is 0 Å². The average molecular weight is 383 g/mol. The van der Waals surface area contributed by atoms with Crippen LogP contribution in [0.3, 0.4) is 0 Å². The molecular formula is C20H25N5O3. The van der Waals surface area contributed by atoms with Crippen molar-refractivity contribution in [3.63, 3.8) is 0 Å². The summed E-state index contributed by atoms with van der Waals surface area (Å²) in [6.45, 7) is 5.30. The zero-order valence-electron chi connectivity index (χ0n) is 16.0. The first-order valence-electron chi connectivity index (χ1n) is 9.67. The first kappa shape index (κ1) is 18.3. The fourth-order valence-electron chi connectivity index (χ4n) is 3.36. The van der Waals surface area contributed by atoms with Crippen molar-refractivity contribution in [2.75, 3.05) is 37.1 Å².